The number of halogens is 1. The number of nitrogens with zero attached hydrogens (tertiary/aromatic N) is 4. The van der Waals surface area contributed by atoms with Crippen LogP contribution in [0, 0.1) is 5.82 Å². The second-order valence-electron chi connectivity index (χ2n) is 5.11. The van der Waals surface area contributed by atoms with E-state index in [4.69, 9.17) is 0 Å². The first-order valence-electron chi connectivity index (χ1n) is 7.53. The summed E-state index contributed by atoms with van der Waals surface area (Å²) in [4.78, 5) is 18.2. The summed E-state index contributed by atoms with van der Waals surface area (Å²) in [5, 5.41) is 4.46. The van der Waals surface area contributed by atoms with Crippen molar-refractivity contribution >= 4 is 17.6 Å². The minimum Gasteiger partial charge on any atom is -0.355 e. The van der Waals surface area contributed by atoms with Gasteiger partial charge in [-0.15, -0.1) is 0 Å². The lowest BCUT2D eigenvalue weighted by atomic mass is 10.1. The van der Waals surface area contributed by atoms with Gasteiger partial charge in [-0.25, -0.2) is 13.9 Å². The maximum Gasteiger partial charge on any atom is 0.155 e. The molecule has 1 aromatic carbocycles. The molecule has 0 saturated heterocycles. The van der Waals surface area contributed by atoms with Gasteiger partial charge in [0.05, 0.1) is 5.56 Å². The van der Waals surface area contributed by atoms with Crippen molar-refractivity contribution in [1.29, 1.82) is 0 Å². The summed E-state index contributed by atoms with van der Waals surface area (Å²) >= 11 is 0. The molecule has 0 atom stereocenters. The number of rotatable bonds is 5. The van der Waals surface area contributed by atoms with E-state index in [1.807, 2.05) is 13.8 Å². The Morgan fingerprint density at radius 2 is 2.09 bits per heavy atom. The predicted molar refractivity (Wildman–Crippen MR) is 87.3 cm³/mol. The van der Waals surface area contributed by atoms with Gasteiger partial charge in [-0.3, -0.25) is 4.79 Å². The lowest BCUT2D eigenvalue weighted by Gasteiger charge is -2.20. The molecule has 23 heavy (non-hydrogen) atoms. The molecular formula is C17H17FN4O. The number of carbonyl (C=O) groups is 1. The molecular weight excluding hydrogens is 295 g/mol. The molecule has 2 aromatic heterocycles. The van der Waals surface area contributed by atoms with E-state index in [9.17, 15) is 9.18 Å². The fourth-order valence-corrected chi connectivity index (χ4v) is 2.72. The molecule has 0 aliphatic heterocycles. The van der Waals surface area contributed by atoms with E-state index < -0.39 is 0 Å². The number of benzene rings is 1. The summed E-state index contributed by atoms with van der Waals surface area (Å²) in [6.45, 7) is 5.59. The summed E-state index contributed by atoms with van der Waals surface area (Å²) < 4.78 is 15.1. The van der Waals surface area contributed by atoms with Gasteiger partial charge in [0, 0.05) is 31.0 Å². The van der Waals surface area contributed by atoms with Gasteiger partial charge < -0.3 is 4.90 Å². The second-order valence-corrected chi connectivity index (χ2v) is 5.11. The number of aldehydes is 1. The Bertz CT molecular complexity index is 855. The summed E-state index contributed by atoms with van der Waals surface area (Å²) in [6.07, 6.45) is 4.10. The topological polar surface area (TPSA) is 50.5 Å². The van der Waals surface area contributed by atoms with Gasteiger partial charge in [0.2, 0.25) is 0 Å². The third kappa shape index (κ3) is 2.56. The molecule has 0 radical (unpaired) electrons. The van der Waals surface area contributed by atoms with Gasteiger partial charge in [0.1, 0.15) is 17.0 Å². The number of carbonyl (C=O) groups excluding carboxylic acids is 1. The lowest BCUT2D eigenvalue weighted by molar-refractivity contribution is 0.112. The minimum atomic E-state index is -0.363. The molecule has 0 unspecified atom stereocenters. The van der Waals surface area contributed by atoms with Crippen LogP contribution in [0.15, 0.2) is 36.7 Å². The lowest BCUT2D eigenvalue weighted by Crippen LogP contribution is -2.23. The highest BCUT2D eigenvalue weighted by molar-refractivity contribution is 5.98. The van der Waals surface area contributed by atoms with Crippen LogP contribution < -0.4 is 4.90 Å². The average molecular weight is 312 g/mol. The number of fused-ring (bicyclic) bond motifs is 1. The highest BCUT2D eigenvalue weighted by Gasteiger charge is 2.20. The average Bonchev–Trinajstić information content (AvgIpc) is 2.95. The van der Waals surface area contributed by atoms with Crippen LogP contribution in [0.25, 0.3) is 16.8 Å². The van der Waals surface area contributed by atoms with Crippen LogP contribution in [0.3, 0.4) is 0 Å². The molecule has 0 spiro atoms. The van der Waals surface area contributed by atoms with Gasteiger partial charge in [0.15, 0.2) is 12.1 Å². The molecule has 0 amide bonds. The maximum absolute atomic E-state index is 13.5. The van der Waals surface area contributed by atoms with Crippen molar-refractivity contribution in [3.05, 3.63) is 48.0 Å². The van der Waals surface area contributed by atoms with Crippen LogP contribution in [0.4, 0.5) is 10.2 Å². The van der Waals surface area contributed by atoms with Crippen LogP contribution in [0.5, 0.6) is 0 Å². The maximum atomic E-state index is 13.5. The van der Waals surface area contributed by atoms with E-state index in [0.29, 0.717) is 28.2 Å². The van der Waals surface area contributed by atoms with Crippen LogP contribution >= 0.6 is 0 Å². The summed E-state index contributed by atoms with van der Waals surface area (Å²) in [5.74, 6) is 0.341. The van der Waals surface area contributed by atoms with Gasteiger partial charge in [0.25, 0.3) is 0 Å². The molecule has 0 fully saturated rings. The Balaban J connectivity index is 2.30. The molecule has 118 valence electrons. The summed E-state index contributed by atoms with van der Waals surface area (Å²) in [7, 11) is 0. The minimum absolute atomic E-state index is 0.363. The third-order valence-electron chi connectivity index (χ3n) is 3.84. The zero-order valence-electron chi connectivity index (χ0n) is 13.0. The molecule has 6 heteroatoms. The highest BCUT2D eigenvalue weighted by Crippen LogP contribution is 2.29. The van der Waals surface area contributed by atoms with E-state index in [0.717, 1.165) is 19.4 Å². The van der Waals surface area contributed by atoms with Gasteiger partial charge in [-0.1, -0.05) is 12.1 Å². The molecule has 0 bridgehead atoms. The van der Waals surface area contributed by atoms with E-state index in [-0.39, 0.29) is 5.82 Å². The van der Waals surface area contributed by atoms with Crippen molar-refractivity contribution in [3.63, 3.8) is 0 Å². The van der Waals surface area contributed by atoms with E-state index in [2.05, 4.69) is 15.0 Å². The first-order chi connectivity index (χ1) is 11.2. The van der Waals surface area contributed by atoms with Gasteiger partial charge in [-0.05, 0) is 26.0 Å². The Kier molecular flexibility index (Phi) is 4.06. The molecule has 0 aliphatic rings. The number of hydrogen-bond acceptors (Lipinski definition) is 4. The number of anilines is 1. The Morgan fingerprint density at radius 1 is 1.30 bits per heavy atom. The summed E-state index contributed by atoms with van der Waals surface area (Å²) in [6, 6.07) is 6.08. The molecule has 5 nitrogen and oxygen atoms in total. The van der Waals surface area contributed by atoms with Crippen molar-refractivity contribution in [2.75, 3.05) is 18.0 Å². The highest BCUT2D eigenvalue weighted by atomic mass is 19.1. The van der Waals surface area contributed by atoms with Gasteiger partial charge in [-0.2, -0.15) is 5.10 Å². The SMILES string of the molecule is CCN(CC)c1nccn2nc(-c3cccc(F)c3)c(C=O)c12. The third-order valence-corrected chi connectivity index (χ3v) is 3.84. The van der Waals surface area contributed by atoms with Crippen LogP contribution in [0.1, 0.15) is 24.2 Å². The molecule has 3 aromatic rings. The van der Waals surface area contributed by atoms with Crippen molar-refractivity contribution in [3.8, 4) is 11.3 Å². The first kappa shape index (κ1) is 15.1. The second kappa shape index (κ2) is 6.16. The summed E-state index contributed by atoms with van der Waals surface area (Å²) in [5.41, 5.74) is 2.10. The van der Waals surface area contributed by atoms with Crippen LogP contribution in [-0.4, -0.2) is 34.0 Å². The normalized spacial score (nSPS) is 10.9. The molecule has 0 saturated carbocycles. The monoisotopic (exact) mass is 312 g/mol. The predicted octanol–water partition coefficient (Wildman–Crippen LogP) is 3.19. The van der Waals surface area contributed by atoms with Gasteiger partial charge >= 0.3 is 0 Å². The Hall–Kier alpha value is -2.76. The smallest absolute Gasteiger partial charge is 0.155 e. The standard InChI is InChI=1S/C17H17FN4O/c1-3-21(4-2)17-16-14(11-23)15(20-22(16)9-8-19-17)12-6-5-7-13(18)10-12/h5-11H,3-4H2,1-2H3. The molecule has 0 N–H and O–H groups in total. The first-order valence-corrected chi connectivity index (χ1v) is 7.53. The van der Waals surface area contributed by atoms with E-state index in [1.165, 1.54) is 12.1 Å². The molecule has 0 aliphatic carbocycles. The Morgan fingerprint density at radius 3 is 2.74 bits per heavy atom. The Labute approximate surface area is 133 Å². The molecule has 2 heterocycles. The van der Waals surface area contributed by atoms with Crippen molar-refractivity contribution in [2.24, 2.45) is 0 Å². The van der Waals surface area contributed by atoms with Crippen molar-refractivity contribution in [1.82, 2.24) is 14.6 Å². The van der Waals surface area contributed by atoms with Crippen LogP contribution in [-0.2, 0) is 0 Å². The quantitative estimate of drug-likeness (QED) is 0.679. The zero-order chi connectivity index (χ0) is 16.4. The van der Waals surface area contributed by atoms with Crippen molar-refractivity contribution < 1.29 is 9.18 Å². The number of hydrogen-bond donors (Lipinski definition) is 0. The van der Waals surface area contributed by atoms with E-state index >= 15 is 0 Å². The number of aromatic nitrogens is 3. The zero-order valence-corrected chi connectivity index (χ0v) is 13.0. The van der Waals surface area contributed by atoms with E-state index in [1.54, 1.807) is 29.0 Å². The fraction of sp³-hybridized carbons (Fsp3) is 0.235. The van der Waals surface area contributed by atoms with Crippen molar-refractivity contribution in [2.45, 2.75) is 13.8 Å². The fourth-order valence-electron chi connectivity index (χ4n) is 2.72. The molecule has 3 rings (SSSR count). The van der Waals surface area contributed by atoms with Crippen LogP contribution in [0.2, 0.25) is 0 Å². The largest absolute Gasteiger partial charge is 0.355 e.